The minimum Gasteiger partial charge on any atom is -0.802 e. The third-order valence-corrected chi connectivity index (χ3v) is 3.99. The molecule has 0 spiro atoms. The Bertz CT molecular complexity index is 194. The Kier molecular flexibility index (Phi) is 27.8. The summed E-state index contributed by atoms with van der Waals surface area (Å²) in [5.74, 6) is 0. The van der Waals surface area contributed by atoms with Crippen LogP contribution in [0.4, 0.5) is 0 Å². The second kappa shape index (κ2) is 21.2. The Balaban J connectivity index is -0.000000256. The van der Waals surface area contributed by atoms with Crippen molar-refractivity contribution >= 4 is 16.1 Å². The maximum absolute atomic E-state index is 10.0. The molecule has 2 atom stereocenters. The molecule has 0 aromatic rings. The van der Waals surface area contributed by atoms with Crippen molar-refractivity contribution in [3.8, 4) is 0 Å². The van der Waals surface area contributed by atoms with Crippen LogP contribution in [0.3, 0.4) is 0 Å². The Labute approximate surface area is 130 Å². The largest absolute Gasteiger partial charge is 2.00 e. The van der Waals surface area contributed by atoms with Crippen molar-refractivity contribution in [3.63, 3.8) is 0 Å². The fourth-order valence-electron chi connectivity index (χ4n) is 1.39. The van der Waals surface area contributed by atoms with E-state index in [2.05, 4.69) is 13.8 Å². The van der Waals surface area contributed by atoms with Crippen LogP contribution >= 0.6 is 16.1 Å². The maximum Gasteiger partial charge on any atom is 2.00 e. The molecule has 2 unspecified atom stereocenters. The van der Waals surface area contributed by atoms with Gasteiger partial charge in [-0.3, -0.25) is 0 Å². The maximum atomic E-state index is 10.0. The first kappa shape index (κ1) is 24.9. The van der Waals surface area contributed by atoms with Crippen molar-refractivity contribution < 1.29 is 36.0 Å². The van der Waals surface area contributed by atoms with Gasteiger partial charge in [-0.05, 0) is 25.2 Å². The van der Waals surface area contributed by atoms with Gasteiger partial charge in [-0.25, -0.2) is 0 Å². The summed E-state index contributed by atoms with van der Waals surface area (Å²) in [6.07, 6.45) is 9.31. The molecule has 0 rings (SSSR count). The zero-order chi connectivity index (χ0) is 14.2. The fraction of sp³-hybridized carbons (Fsp3) is 1.00. The van der Waals surface area contributed by atoms with Crippen LogP contribution in [0, 0.1) is 0 Å². The van der Waals surface area contributed by atoms with Crippen LogP contribution < -0.4 is 9.79 Å². The Morgan fingerprint density at radius 1 is 0.684 bits per heavy atom. The molecular formula is C12H28FeO4P2. The van der Waals surface area contributed by atoms with Gasteiger partial charge in [-0.15, -0.1) is 0 Å². The van der Waals surface area contributed by atoms with Crippen LogP contribution in [-0.4, -0.2) is 12.3 Å². The normalized spacial score (nSPS) is 12.8. The topological polar surface area (TPSA) is 80.3 Å². The Morgan fingerprint density at radius 2 is 1.00 bits per heavy atom. The summed E-state index contributed by atoms with van der Waals surface area (Å²) in [4.78, 5) is 20.1. The second-order valence-electron chi connectivity index (χ2n) is 4.37. The van der Waals surface area contributed by atoms with Crippen molar-refractivity contribution in [1.82, 2.24) is 0 Å². The molecule has 7 heteroatoms. The van der Waals surface area contributed by atoms with Gasteiger partial charge in [-0.1, -0.05) is 52.4 Å². The van der Waals surface area contributed by atoms with Gasteiger partial charge in [0.1, 0.15) is 0 Å². The third kappa shape index (κ3) is 32.4. The molecule has 19 heavy (non-hydrogen) atoms. The zero-order valence-corrected chi connectivity index (χ0v) is 15.2. The predicted molar refractivity (Wildman–Crippen MR) is 76.0 cm³/mol. The van der Waals surface area contributed by atoms with E-state index in [1.165, 1.54) is 12.8 Å². The van der Waals surface area contributed by atoms with E-state index >= 15 is 0 Å². The third-order valence-electron chi connectivity index (χ3n) is 2.47. The van der Waals surface area contributed by atoms with E-state index in [9.17, 15) is 18.9 Å². The van der Waals surface area contributed by atoms with E-state index in [0.29, 0.717) is 12.3 Å². The molecule has 0 amide bonds. The molecule has 4 nitrogen and oxygen atoms in total. The minimum absolute atomic E-state index is 0. The van der Waals surface area contributed by atoms with Gasteiger partial charge < -0.3 is 18.9 Å². The SMILES string of the molecule is CCCCCC[PH](=O)[O-].CCCCCC[PH](=O)[O-].[Fe+2]. The summed E-state index contributed by atoms with van der Waals surface area (Å²) in [6.45, 7) is 4.22. The van der Waals surface area contributed by atoms with Crippen molar-refractivity contribution in [1.29, 1.82) is 0 Å². The second-order valence-corrected chi connectivity index (χ2v) is 6.85. The molecule has 0 aliphatic carbocycles. The molecule has 0 heterocycles. The van der Waals surface area contributed by atoms with Gasteiger partial charge in [0.2, 0.25) is 0 Å². The molecule has 0 aromatic heterocycles. The first-order valence-electron chi connectivity index (χ1n) is 6.94. The molecule has 0 aliphatic rings. The van der Waals surface area contributed by atoms with E-state index in [1.807, 2.05) is 0 Å². The number of unbranched alkanes of at least 4 members (excludes halogenated alkanes) is 6. The van der Waals surface area contributed by atoms with Crippen LogP contribution in [0.2, 0.25) is 0 Å². The van der Waals surface area contributed by atoms with Crippen LogP contribution in [0.5, 0.6) is 0 Å². The van der Waals surface area contributed by atoms with Gasteiger partial charge in [-0.2, -0.15) is 0 Å². The Morgan fingerprint density at radius 3 is 1.21 bits per heavy atom. The average molecular weight is 354 g/mol. The van der Waals surface area contributed by atoms with E-state index in [0.717, 1.165) is 38.5 Å². The molecule has 118 valence electrons. The van der Waals surface area contributed by atoms with Crippen LogP contribution in [0.15, 0.2) is 0 Å². The summed E-state index contributed by atoms with van der Waals surface area (Å²) in [5.41, 5.74) is 0. The number of hydrogen-bond acceptors (Lipinski definition) is 4. The quantitative estimate of drug-likeness (QED) is 0.343. The summed E-state index contributed by atoms with van der Waals surface area (Å²) >= 11 is 0. The first-order valence-corrected chi connectivity index (χ1v) is 9.99. The summed E-state index contributed by atoms with van der Waals surface area (Å²) in [5, 5.41) is 0. The van der Waals surface area contributed by atoms with Crippen LogP contribution in [-0.2, 0) is 26.2 Å². The molecule has 0 saturated heterocycles. The van der Waals surface area contributed by atoms with Crippen molar-refractivity contribution in [2.24, 2.45) is 0 Å². The summed E-state index contributed by atoms with van der Waals surface area (Å²) in [6, 6.07) is 0. The van der Waals surface area contributed by atoms with Crippen molar-refractivity contribution in [2.75, 3.05) is 12.3 Å². The van der Waals surface area contributed by atoms with Gasteiger partial charge in [0.15, 0.2) is 0 Å². The Hall–Kier alpha value is 0.899. The molecule has 0 radical (unpaired) electrons. The minimum atomic E-state index is -2.42. The molecule has 0 fully saturated rings. The monoisotopic (exact) mass is 354 g/mol. The van der Waals surface area contributed by atoms with E-state index in [-0.39, 0.29) is 17.1 Å². The zero-order valence-electron chi connectivity index (χ0n) is 12.1. The van der Waals surface area contributed by atoms with Gasteiger partial charge in [0, 0.05) is 16.1 Å². The van der Waals surface area contributed by atoms with Gasteiger partial charge >= 0.3 is 17.1 Å². The van der Waals surface area contributed by atoms with E-state index in [1.54, 1.807) is 0 Å². The van der Waals surface area contributed by atoms with Crippen LogP contribution in [0.1, 0.15) is 65.2 Å². The molecule has 0 bridgehead atoms. The average Bonchev–Trinajstić information content (AvgIpc) is 2.31. The summed E-state index contributed by atoms with van der Waals surface area (Å²) < 4.78 is 20.1. The molecule has 0 aliphatic heterocycles. The molecular weight excluding hydrogens is 326 g/mol. The molecule has 0 aromatic carbocycles. The molecule has 0 N–H and O–H groups in total. The van der Waals surface area contributed by atoms with Crippen molar-refractivity contribution in [2.45, 2.75) is 65.2 Å². The van der Waals surface area contributed by atoms with Crippen LogP contribution in [0.25, 0.3) is 0 Å². The summed E-state index contributed by atoms with van der Waals surface area (Å²) in [7, 11) is -4.83. The van der Waals surface area contributed by atoms with Gasteiger partial charge in [0.25, 0.3) is 0 Å². The smallest absolute Gasteiger partial charge is 0.802 e. The first-order chi connectivity index (χ1) is 8.54. The molecule has 0 saturated carbocycles. The van der Waals surface area contributed by atoms with Crippen molar-refractivity contribution in [3.05, 3.63) is 0 Å². The predicted octanol–water partition coefficient (Wildman–Crippen LogP) is 2.80. The number of hydrogen-bond donors (Lipinski definition) is 0. The van der Waals surface area contributed by atoms with E-state index in [4.69, 9.17) is 0 Å². The van der Waals surface area contributed by atoms with Gasteiger partial charge in [0.05, 0.1) is 0 Å². The number of rotatable bonds is 10. The standard InChI is InChI=1S/2C6H15O2P.Fe/c2*1-2-3-4-5-6-9(7)8;/h2*9H,2-6H2,1H3,(H,7,8);/q;;+2/p-2. The van der Waals surface area contributed by atoms with E-state index < -0.39 is 16.1 Å². The fourth-order valence-corrected chi connectivity index (χ4v) is 2.47.